The molecule has 1 aliphatic heterocycles. The molecule has 1 amide bonds. The molecule has 20 heavy (non-hydrogen) atoms. The minimum atomic E-state index is -0.0780. The van der Waals surface area contributed by atoms with Crippen LogP contribution in [0.3, 0.4) is 0 Å². The molecule has 2 atom stereocenters. The zero-order valence-electron chi connectivity index (χ0n) is 12.8. The molecule has 0 saturated carbocycles. The molecule has 2 rings (SSSR count). The highest BCUT2D eigenvalue weighted by Crippen LogP contribution is 2.28. The van der Waals surface area contributed by atoms with Gasteiger partial charge >= 0.3 is 0 Å². The maximum atomic E-state index is 12.3. The van der Waals surface area contributed by atoms with Crippen LogP contribution in [0.4, 0.5) is 0 Å². The Labute approximate surface area is 122 Å². The molecule has 1 aromatic carbocycles. The van der Waals surface area contributed by atoms with E-state index < -0.39 is 0 Å². The van der Waals surface area contributed by atoms with E-state index in [9.17, 15) is 4.79 Å². The average Bonchev–Trinajstić information content (AvgIpc) is 2.88. The lowest BCUT2D eigenvalue weighted by atomic mass is 9.85. The molecule has 2 unspecified atom stereocenters. The number of hydrogen-bond donors (Lipinski definition) is 1. The molecule has 1 heterocycles. The molecule has 1 aliphatic rings. The van der Waals surface area contributed by atoms with Crippen molar-refractivity contribution in [3.05, 3.63) is 35.9 Å². The van der Waals surface area contributed by atoms with Gasteiger partial charge in [-0.15, -0.1) is 0 Å². The lowest BCUT2D eigenvalue weighted by Crippen LogP contribution is -2.41. The van der Waals surface area contributed by atoms with Crippen LogP contribution in [0.2, 0.25) is 0 Å². The summed E-state index contributed by atoms with van der Waals surface area (Å²) in [5.74, 6) is 0.678. The normalized spacial score (nSPS) is 21.0. The summed E-state index contributed by atoms with van der Waals surface area (Å²) in [5, 5.41) is 0. The predicted molar refractivity (Wildman–Crippen MR) is 82.4 cm³/mol. The minimum absolute atomic E-state index is 0.0196. The fourth-order valence-corrected chi connectivity index (χ4v) is 2.61. The van der Waals surface area contributed by atoms with Crippen LogP contribution in [0, 0.1) is 5.41 Å². The van der Waals surface area contributed by atoms with Crippen LogP contribution in [-0.4, -0.2) is 29.9 Å². The summed E-state index contributed by atoms with van der Waals surface area (Å²) in [7, 11) is 0. The fraction of sp³-hybridized carbons (Fsp3) is 0.588. The Bertz CT molecular complexity index is 450. The highest BCUT2D eigenvalue weighted by atomic mass is 16.2. The van der Waals surface area contributed by atoms with Crippen molar-refractivity contribution in [2.75, 3.05) is 13.1 Å². The minimum Gasteiger partial charge on any atom is -0.342 e. The molecule has 3 heteroatoms. The summed E-state index contributed by atoms with van der Waals surface area (Å²) >= 11 is 0. The van der Waals surface area contributed by atoms with Crippen LogP contribution in [0.25, 0.3) is 0 Å². The van der Waals surface area contributed by atoms with Crippen molar-refractivity contribution in [2.45, 2.75) is 45.6 Å². The topological polar surface area (TPSA) is 46.3 Å². The number of nitrogens with zero attached hydrogens (tertiary/aromatic N) is 1. The van der Waals surface area contributed by atoms with Crippen molar-refractivity contribution in [3.8, 4) is 0 Å². The first-order chi connectivity index (χ1) is 9.38. The zero-order chi connectivity index (χ0) is 14.8. The molecule has 2 N–H and O–H groups in total. The van der Waals surface area contributed by atoms with Crippen LogP contribution in [0.5, 0.6) is 0 Å². The van der Waals surface area contributed by atoms with Crippen LogP contribution in [0.1, 0.15) is 45.1 Å². The van der Waals surface area contributed by atoms with Gasteiger partial charge in [-0.2, -0.15) is 0 Å². The van der Waals surface area contributed by atoms with Gasteiger partial charge in [-0.1, -0.05) is 51.1 Å². The van der Waals surface area contributed by atoms with E-state index in [4.69, 9.17) is 5.73 Å². The molecular weight excluding hydrogens is 248 g/mol. The van der Waals surface area contributed by atoms with Gasteiger partial charge in [0.1, 0.15) is 0 Å². The van der Waals surface area contributed by atoms with Gasteiger partial charge in [-0.3, -0.25) is 4.79 Å². The summed E-state index contributed by atoms with van der Waals surface area (Å²) in [6, 6.07) is 10.4. The van der Waals surface area contributed by atoms with Gasteiger partial charge in [0.15, 0.2) is 0 Å². The Morgan fingerprint density at radius 1 is 1.35 bits per heavy atom. The number of likely N-dealkylation sites (tertiary alicyclic amines) is 1. The van der Waals surface area contributed by atoms with Gasteiger partial charge in [0.2, 0.25) is 5.91 Å². The second-order valence-electron chi connectivity index (χ2n) is 6.91. The van der Waals surface area contributed by atoms with E-state index in [1.807, 2.05) is 11.0 Å². The van der Waals surface area contributed by atoms with E-state index in [1.54, 1.807) is 0 Å². The standard InChI is InChI=1S/C17H26N2O/c1-17(2,3)15(18)11-16(20)19-10-9-14(12-19)13-7-5-4-6-8-13/h4-8,14-15H,9-12,18H2,1-3H3. The Kier molecular flexibility index (Phi) is 4.48. The second kappa shape index (κ2) is 5.96. The number of benzene rings is 1. The number of hydrogen-bond acceptors (Lipinski definition) is 2. The number of rotatable bonds is 3. The summed E-state index contributed by atoms with van der Waals surface area (Å²) in [6.45, 7) is 7.94. The summed E-state index contributed by atoms with van der Waals surface area (Å²) < 4.78 is 0. The van der Waals surface area contributed by atoms with Crippen molar-refractivity contribution in [1.29, 1.82) is 0 Å². The zero-order valence-corrected chi connectivity index (χ0v) is 12.8. The van der Waals surface area contributed by atoms with Gasteiger partial charge < -0.3 is 10.6 Å². The first-order valence-corrected chi connectivity index (χ1v) is 7.46. The van der Waals surface area contributed by atoms with E-state index in [-0.39, 0.29) is 17.4 Å². The van der Waals surface area contributed by atoms with Crippen LogP contribution in [-0.2, 0) is 4.79 Å². The average molecular weight is 274 g/mol. The molecule has 1 saturated heterocycles. The largest absolute Gasteiger partial charge is 0.342 e. The molecule has 3 nitrogen and oxygen atoms in total. The third-order valence-corrected chi connectivity index (χ3v) is 4.32. The molecule has 0 aromatic heterocycles. The molecule has 0 spiro atoms. The third kappa shape index (κ3) is 3.60. The molecule has 0 aliphatic carbocycles. The van der Waals surface area contributed by atoms with Crippen molar-refractivity contribution in [2.24, 2.45) is 11.1 Å². The molecule has 110 valence electrons. The first-order valence-electron chi connectivity index (χ1n) is 7.46. The van der Waals surface area contributed by atoms with Crippen molar-refractivity contribution in [3.63, 3.8) is 0 Å². The van der Waals surface area contributed by atoms with Crippen molar-refractivity contribution < 1.29 is 4.79 Å². The first kappa shape index (κ1) is 15.0. The Hall–Kier alpha value is -1.35. The predicted octanol–water partition coefficient (Wildman–Crippen LogP) is 2.77. The highest BCUT2D eigenvalue weighted by Gasteiger charge is 2.30. The number of carbonyl (C=O) groups excluding carboxylic acids is 1. The second-order valence-corrected chi connectivity index (χ2v) is 6.91. The van der Waals surface area contributed by atoms with Crippen LogP contribution >= 0.6 is 0 Å². The lowest BCUT2D eigenvalue weighted by molar-refractivity contribution is -0.131. The highest BCUT2D eigenvalue weighted by molar-refractivity contribution is 5.77. The number of amides is 1. The molecule has 0 bridgehead atoms. The van der Waals surface area contributed by atoms with E-state index in [1.165, 1.54) is 5.56 Å². The fourth-order valence-electron chi connectivity index (χ4n) is 2.61. The Morgan fingerprint density at radius 2 is 2.00 bits per heavy atom. The van der Waals surface area contributed by atoms with Crippen LogP contribution < -0.4 is 5.73 Å². The van der Waals surface area contributed by atoms with Crippen molar-refractivity contribution >= 4 is 5.91 Å². The maximum Gasteiger partial charge on any atom is 0.224 e. The van der Waals surface area contributed by atoms with E-state index in [2.05, 4.69) is 45.0 Å². The monoisotopic (exact) mass is 274 g/mol. The molecule has 1 fully saturated rings. The van der Waals surface area contributed by atoms with Gasteiger partial charge in [0.25, 0.3) is 0 Å². The van der Waals surface area contributed by atoms with Gasteiger partial charge in [-0.05, 0) is 17.4 Å². The Balaban J connectivity index is 1.91. The van der Waals surface area contributed by atoms with Gasteiger partial charge in [0.05, 0.1) is 0 Å². The van der Waals surface area contributed by atoms with Gasteiger partial charge in [0, 0.05) is 31.5 Å². The smallest absolute Gasteiger partial charge is 0.224 e. The van der Waals surface area contributed by atoms with E-state index in [0.717, 1.165) is 19.5 Å². The summed E-state index contributed by atoms with van der Waals surface area (Å²) in [5.41, 5.74) is 7.43. The molecule has 0 radical (unpaired) electrons. The Morgan fingerprint density at radius 3 is 2.60 bits per heavy atom. The van der Waals surface area contributed by atoms with Crippen LogP contribution in [0.15, 0.2) is 30.3 Å². The maximum absolute atomic E-state index is 12.3. The quantitative estimate of drug-likeness (QED) is 0.921. The summed E-state index contributed by atoms with van der Waals surface area (Å²) in [6.07, 6.45) is 1.51. The van der Waals surface area contributed by atoms with Gasteiger partial charge in [-0.25, -0.2) is 0 Å². The SMILES string of the molecule is CC(C)(C)C(N)CC(=O)N1CCC(c2ccccc2)C1. The van der Waals surface area contributed by atoms with Crippen molar-refractivity contribution in [1.82, 2.24) is 4.90 Å². The third-order valence-electron chi connectivity index (χ3n) is 4.32. The van der Waals surface area contributed by atoms with E-state index >= 15 is 0 Å². The molecule has 1 aromatic rings. The molecular formula is C17H26N2O. The lowest BCUT2D eigenvalue weighted by Gasteiger charge is -2.28. The van der Waals surface area contributed by atoms with E-state index in [0.29, 0.717) is 12.3 Å². The number of nitrogens with two attached hydrogens (primary N) is 1. The summed E-state index contributed by atoms with van der Waals surface area (Å²) in [4.78, 5) is 14.3. The number of carbonyl (C=O) groups is 1.